The van der Waals surface area contributed by atoms with Gasteiger partial charge in [0.25, 0.3) is 0 Å². The Hall–Kier alpha value is -1.10. The lowest BCUT2D eigenvalue weighted by Gasteiger charge is -2.08. The third kappa shape index (κ3) is 6.40. The number of nitrogens with two attached hydrogens (primary N) is 1. The molecule has 16 heavy (non-hydrogen) atoms. The summed E-state index contributed by atoms with van der Waals surface area (Å²) in [7, 11) is 0. The van der Waals surface area contributed by atoms with Crippen LogP contribution in [0.5, 0.6) is 0 Å². The first-order valence-electron chi connectivity index (χ1n) is 5.84. The quantitative estimate of drug-likeness (QED) is 0.452. The average molecular weight is 222 g/mol. The van der Waals surface area contributed by atoms with Crippen LogP contribution in [-0.4, -0.2) is 39.3 Å². The largest absolute Gasteiger partial charge is 0.384 e. The second-order valence-electron chi connectivity index (χ2n) is 3.58. The number of para-hydroxylation sites is 1. The zero-order valence-electron chi connectivity index (χ0n) is 9.71. The average Bonchev–Trinajstić information content (AvgIpc) is 2.34. The number of nitrogens with one attached hydrogen (secondary N) is 3. The van der Waals surface area contributed by atoms with Crippen LogP contribution >= 0.6 is 0 Å². The van der Waals surface area contributed by atoms with Gasteiger partial charge in [-0.1, -0.05) is 18.2 Å². The molecule has 0 aliphatic rings. The highest BCUT2D eigenvalue weighted by molar-refractivity contribution is 5.42. The molecule has 0 aliphatic carbocycles. The number of anilines is 1. The topological polar surface area (TPSA) is 62.1 Å². The van der Waals surface area contributed by atoms with E-state index in [9.17, 15) is 0 Å². The van der Waals surface area contributed by atoms with Gasteiger partial charge in [-0.05, 0) is 12.1 Å². The first-order chi connectivity index (χ1) is 7.93. The van der Waals surface area contributed by atoms with Gasteiger partial charge in [0.15, 0.2) is 0 Å². The highest BCUT2D eigenvalue weighted by Gasteiger charge is 1.89. The summed E-state index contributed by atoms with van der Waals surface area (Å²) in [6.45, 7) is 5.47. The van der Waals surface area contributed by atoms with Crippen LogP contribution in [0.4, 0.5) is 5.69 Å². The van der Waals surface area contributed by atoms with Gasteiger partial charge in [0.2, 0.25) is 0 Å². The molecule has 1 aromatic carbocycles. The van der Waals surface area contributed by atoms with Gasteiger partial charge >= 0.3 is 0 Å². The van der Waals surface area contributed by atoms with Crippen LogP contribution in [0.25, 0.3) is 0 Å². The molecule has 4 heteroatoms. The Bertz CT molecular complexity index is 250. The summed E-state index contributed by atoms with van der Waals surface area (Å²) in [6, 6.07) is 10.2. The molecule has 0 bridgehead atoms. The molecule has 0 fully saturated rings. The summed E-state index contributed by atoms with van der Waals surface area (Å²) in [4.78, 5) is 0. The minimum atomic E-state index is 0.704. The Labute approximate surface area is 97.6 Å². The molecule has 0 radical (unpaired) electrons. The minimum absolute atomic E-state index is 0.704. The van der Waals surface area contributed by atoms with E-state index in [0.717, 1.165) is 32.7 Å². The van der Waals surface area contributed by atoms with Gasteiger partial charge in [-0.25, -0.2) is 0 Å². The molecule has 1 rings (SSSR count). The van der Waals surface area contributed by atoms with Crippen LogP contribution in [0, 0.1) is 0 Å². The molecule has 0 amide bonds. The van der Waals surface area contributed by atoms with Crippen LogP contribution in [0.3, 0.4) is 0 Å². The van der Waals surface area contributed by atoms with Crippen molar-refractivity contribution < 1.29 is 0 Å². The molecule has 0 unspecified atom stereocenters. The summed E-state index contributed by atoms with van der Waals surface area (Å²) in [5.41, 5.74) is 6.53. The van der Waals surface area contributed by atoms with Crippen LogP contribution in [0.15, 0.2) is 30.3 Å². The van der Waals surface area contributed by atoms with Crippen molar-refractivity contribution in [3.05, 3.63) is 30.3 Å². The molecule has 0 spiro atoms. The Morgan fingerprint density at radius 2 is 1.44 bits per heavy atom. The maximum Gasteiger partial charge on any atom is 0.0340 e. The maximum absolute atomic E-state index is 5.36. The fraction of sp³-hybridized carbons (Fsp3) is 0.500. The van der Waals surface area contributed by atoms with E-state index in [0.29, 0.717) is 6.54 Å². The molecule has 0 heterocycles. The summed E-state index contributed by atoms with van der Waals surface area (Å²) in [5, 5.41) is 9.93. The smallest absolute Gasteiger partial charge is 0.0340 e. The van der Waals surface area contributed by atoms with Crippen molar-refractivity contribution in [2.24, 2.45) is 5.73 Å². The van der Waals surface area contributed by atoms with Crippen LogP contribution in [0.1, 0.15) is 0 Å². The summed E-state index contributed by atoms with van der Waals surface area (Å²) in [6.07, 6.45) is 0. The molecule has 0 aromatic heterocycles. The fourth-order valence-electron chi connectivity index (χ4n) is 1.38. The van der Waals surface area contributed by atoms with Crippen molar-refractivity contribution in [3.63, 3.8) is 0 Å². The molecule has 0 saturated heterocycles. The van der Waals surface area contributed by atoms with E-state index >= 15 is 0 Å². The second kappa shape index (κ2) is 9.15. The number of rotatable bonds is 9. The van der Waals surface area contributed by atoms with Crippen molar-refractivity contribution in [2.45, 2.75) is 0 Å². The third-order valence-corrected chi connectivity index (χ3v) is 2.20. The summed E-state index contributed by atoms with van der Waals surface area (Å²) < 4.78 is 0. The molecule has 5 N–H and O–H groups in total. The van der Waals surface area contributed by atoms with Crippen LogP contribution in [0.2, 0.25) is 0 Å². The van der Waals surface area contributed by atoms with Crippen LogP contribution < -0.4 is 21.7 Å². The van der Waals surface area contributed by atoms with Gasteiger partial charge < -0.3 is 21.7 Å². The highest BCUT2D eigenvalue weighted by Crippen LogP contribution is 2.03. The van der Waals surface area contributed by atoms with E-state index in [-0.39, 0.29) is 0 Å². The van der Waals surface area contributed by atoms with Crippen molar-refractivity contribution in [2.75, 3.05) is 44.6 Å². The first-order valence-corrected chi connectivity index (χ1v) is 5.84. The van der Waals surface area contributed by atoms with Crippen molar-refractivity contribution in [3.8, 4) is 0 Å². The standard InChI is InChI=1S/C12H22N4/c13-6-7-14-8-9-15-10-11-16-12-4-2-1-3-5-12/h1-5,14-16H,6-11,13H2. The van der Waals surface area contributed by atoms with Crippen molar-refractivity contribution in [1.82, 2.24) is 10.6 Å². The van der Waals surface area contributed by atoms with Gasteiger partial charge in [0.1, 0.15) is 0 Å². The Kier molecular flexibility index (Phi) is 7.42. The molecule has 0 saturated carbocycles. The predicted molar refractivity (Wildman–Crippen MR) is 69.7 cm³/mol. The van der Waals surface area contributed by atoms with E-state index in [1.807, 2.05) is 18.2 Å². The Morgan fingerprint density at radius 3 is 2.12 bits per heavy atom. The lowest BCUT2D eigenvalue weighted by Crippen LogP contribution is -2.32. The van der Waals surface area contributed by atoms with Gasteiger partial charge in [-0.2, -0.15) is 0 Å². The van der Waals surface area contributed by atoms with Crippen LogP contribution in [-0.2, 0) is 0 Å². The normalized spacial score (nSPS) is 10.3. The van der Waals surface area contributed by atoms with E-state index in [4.69, 9.17) is 5.73 Å². The minimum Gasteiger partial charge on any atom is -0.384 e. The molecule has 4 nitrogen and oxygen atoms in total. The maximum atomic E-state index is 5.36. The van der Waals surface area contributed by atoms with E-state index < -0.39 is 0 Å². The summed E-state index contributed by atoms with van der Waals surface area (Å²) >= 11 is 0. The Balaban J connectivity index is 1.89. The van der Waals surface area contributed by atoms with Gasteiger partial charge in [0.05, 0.1) is 0 Å². The lowest BCUT2D eigenvalue weighted by molar-refractivity contribution is 0.622. The molecule has 0 atom stereocenters. The SMILES string of the molecule is NCCNCCNCCNc1ccccc1. The molecule has 0 aliphatic heterocycles. The first kappa shape index (κ1) is 13.0. The predicted octanol–water partition coefficient (Wildman–Crippen LogP) is 0.236. The van der Waals surface area contributed by atoms with Crippen molar-refractivity contribution >= 4 is 5.69 Å². The zero-order valence-corrected chi connectivity index (χ0v) is 9.71. The molecular weight excluding hydrogens is 200 g/mol. The second-order valence-corrected chi connectivity index (χ2v) is 3.58. The van der Waals surface area contributed by atoms with Gasteiger partial charge in [0, 0.05) is 45.0 Å². The molecule has 90 valence electrons. The van der Waals surface area contributed by atoms with E-state index in [2.05, 4.69) is 28.1 Å². The molecular formula is C12H22N4. The molecule has 1 aromatic rings. The van der Waals surface area contributed by atoms with E-state index in [1.165, 1.54) is 5.69 Å². The third-order valence-electron chi connectivity index (χ3n) is 2.20. The van der Waals surface area contributed by atoms with E-state index in [1.54, 1.807) is 0 Å². The highest BCUT2D eigenvalue weighted by atomic mass is 15.0. The summed E-state index contributed by atoms with van der Waals surface area (Å²) in [5.74, 6) is 0. The van der Waals surface area contributed by atoms with Gasteiger partial charge in [-0.3, -0.25) is 0 Å². The lowest BCUT2D eigenvalue weighted by atomic mass is 10.3. The number of hydrogen-bond donors (Lipinski definition) is 4. The monoisotopic (exact) mass is 222 g/mol. The number of benzene rings is 1. The fourth-order valence-corrected chi connectivity index (χ4v) is 1.38. The number of hydrogen-bond acceptors (Lipinski definition) is 4. The van der Waals surface area contributed by atoms with Gasteiger partial charge in [-0.15, -0.1) is 0 Å². The zero-order chi connectivity index (χ0) is 11.5. The van der Waals surface area contributed by atoms with Crippen molar-refractivity contribution in [1.29, 1.82) is 0 Å². The Morgan fingerprint density at radius 1 is 0.812 bits per heavy atom.